The van der Waals surface area contributed by atoms with Crippen LogP contribution in [0.25, 0.3) is 0 Å². The van der Waals surface area contributed by atoms with E-state index in [4.69, 9.17) is 15.7 Å². The van der Waals surface area contributed by atoms with E-state index in [0.717, 1.165) is 17.3 Å². The molecule has 1 aliphatic carbocycles. The Balaban J connectivity index is 0.00000128. The summed E-state index contributed by atoms with van der Waals surface area (Å²) in [5.41, 5.74) is 6.37. The van der Waals surface area contributed by atoms with Gasteiger partial charge in [-0.2, -0.15) is 5.26 Å². The van der Waals surface area contributed by atoms with Gasteiger partial charge >= 0.3 is 0 Å². The van der Waals surface area contributed by atoms with E-state index in [2.05, 4.69) is 22.0 Å². The molecule has 0 spiro atoms. The number of hydrogen-bond donors (Lipinski definition) is 1. The summed E-state index contributed by atoms with van der Waals surface area (Å²) in [6, 6.07) is 7.35. The number of nitrogens with zero attached hydrogens (tertiary/aromatic N) is 1. The van der Waals surface area contributed by atoms with Crippen LogP contribution in [0.3, 0.4) is 0 Å². The molecule has 0 heterocycles. The molecule has 16 heavy (non-hydrogen) atoms. The molecule has 1 fully saturated rings. The standard InChI is InChI=1S/C11H11BrN2O.ClH/c12-9-2-1-8(6-13)5-10(9)15-7-11(14)3-4-11;/h1-2,5H,3-4,7,14H2;1H. The average Bonchev–Trinajstić information content (AvgIpc) is 2.96. The van der Waals surface area contributed by atoms with Crippen LogP contribution in [-0.2, 0) is 0 Å². The second-order valence-corrected chi connectivity index (χ2v) is 4.76. The van der Waals surface area contributed by atoms with Crippen molar-refractivity contribution in [2.75, 3.05) is 6.61 Å². The van der Waals surface area contributed by atoms with Crippen molar-refractivity contribution in [1.82, 2.24) is 0 Å². The van der Waals surface area contributed by atoms with Crippen molar-refractivity contribution in [3.05, 3.63) is 28.2 Å². The van der Waals surface area contributed by atoms with Crippen LogP contribution in [0.5, 0.6) is 5.75 Å². The van der Waals surface area contributed by atoms with Crippen LogP contribution in [0.15, 0.2) is 22.7 Å². The summed E-state index contributed by atoms with van der Waals surface area (Å²) in [4.78, 5) is 0. The predicted octanol–water partition coefficient (Wildman–Crippen LogP) is 2.61. The van der Waals surface area contributed by atoms with Gasteiger partial charge in [-0.05, 0) is 47.0 Å². The van der Waals surface area contributed by atoms with Crippen molar-refractivity contribution in [2.24, 2.45) is 5.73 Å². The highest BCUT2D eigenvalue weighted by molar-refractivity contribution is 9.10. The van der Waals surface area contributed by atoms with E-state index < -0.39 is 0 Å². The molecular formula is C11H12BrClN2O. The summed E-state index contributed by atoms with van der Waals surface area (Å²) in [5.74, 6) is 0.686. The van der Waals surface area contributed by atoms with Crippen molar-refractivity contribution in [1.29, 1.82) is 5.26 Å². The Morgan fingerprint density at radius 2 is 2.19 bits per heavy atom. The maximum atomic E-state index is 8.75. The summed E-state index contributed by atoms with van der Waals surface area (Å²) in [6.45, 7) is 0.514. The second-order valence-electron chi connectivity index (χ2n) is 3.91. The molecule has 86 valence electrons. The number of nitrogens with two attached hydrogens (primary N) is 1. The monoisotopic (exact) mass is 302 g/mol. The van der Waals surface area contributed by atoms with E-state index in [1.165, 1.54) is 0 Å². The lowest BCUT2D eigenvalue weighted by Gasteiger charge is -2.12. The number of ether oxygens (including phenoxy) is 1. The summed E-state index contributed by atoms with van der Waals surface area (Å²) in [7, 11) is 0. The lowest BCUT2D eigenvalue weighted by atomic mass is 10.2. The fourth-order valence-electron chi connectivity index (χ4n) is 1.21. The molecule has 1 aromatic carbocycles. The highest BCUT2D eigenvalue weighted by Crippen LogP contribution is 2.34. The molecule has 2 N–H and O–H groups in total. The van der Waals surface area contributed by atoms with Gasteiger partial charge in [-0.1, -0.05) is 0 Å². The fraction of sp³-hybridized carbons (Fsp3) is 0.364. The Hall–Kier alpha value is -0.760. The first-order chi connectivity index (χ1) is 7.13. The number of rotatable bonds is 3. The molecule has 0 bridgehead atoms. The zero-order chi connectivity index (χ0) is 10.9. The first-order valence-corrected chi connectivity index (χ1v) is 5.54. The van der Waals surface area contributed by atoms with Gasteiger partial charge in [0.15, 0.2) is 0 Å². The Bertz CT molecular complexity index is 426. The molecule has 0 unspecified atom stereocenters. The molecule has 0 aliphatic heterocycles. The zero-order valence-electron chi connectivity index (χ0n) is 8.57. The van der Waals surface area contributed by atoms with E-state index in [1.54, 1.807) is 12.1 Å². The van der Waals surface area contributed by atoms with E-state index in [9.17, 15) is 0 Å². The van der Waals surface area contributed by atoms with Gasteiger partial charge in [0.1, 0.15) is 12.4 Å². The summed E-state index contributed by atoms with van der Waals surface area (Å²) >= 11 is 3.37. The van der Waals surface area contributed by atoms with Gasteiger partial charge in [0, 0.05) is 0 Å². The minimum Gasteiger partial charge on any atom is -0.490 e. The van der Waals surface area contributed by atoms with Crippen LogP contribution in [-0.4, -0.2) is 12.1 Å². The Kier molecular flexibility index (Phi) is 4.20. The van der Waals surface area contributed by atoms with Gasteiger partial charge in [-0.15, -0.1) is 12.4 Å². The molecule has 1 saturated carbocycles. The summed E-state index contributed by atoms with van der Waals surface area (Å²) < 4.78 is 6.44. The molecule has 1 aliphatic rings. The summed E-state index contributed by atoms with van der Waals surface area (Å²) in [6.07, 6.45) is 2.03. The van der Waals surface area contributed by atoms with Crippen LogP contribution in [0.2, 0.25) is 0 Å². The van der Waals surface area contributed by atoms with Crippen LogP contribution < -0.4 is 10.5 Å². The van der Waals surface area contributed by atoms with Crippen molar-refractivity contribution in [3.8, 4) is 11.8 Å². The highest BCUT2D eigenvalue weighted by Gasteiger charge is 2.39. The maximum Gasteiger partial charge on any atom is 0.134 e. The summed E-state index contributed by atoms with van der Waals surface area (Å²) in [5, 5.41) is 8.75. The molecule has 5 heteroatoms. The van der Waals surface area contributed by atoms with Crippen molar-refractivity contribution in [3.63, 3.8) is 0 Å². The Morgan fingerprint density at radius 1 is 1.50 bits per heavy atom. The third-order valence-corrected chi connectivity index (χ3v) is 3.12. The van der Waals surface area contributed by atoms with Crippen LogP contribution in [0.1, 0.15) is 18.4 Å². The molecule has 0 aromatic heterocycles. The molecule has 0 atom stereocenters. The van der Waals surface area contributed by atoms with Crippen molar-refractivity contribution >= 4 is 28.3 Å². The lowest BCUT2D eigenvalue weighted by molar-refractivity contribution is 0.278. The van der Waals surface area contributed by atoms with E-state index in [0.29, 0.717) is 17.9 Å². The first kappa shape index (κ1) is 13.3. The van der Waals surface area contributed by atoms with Gasteiger partial charge < -0.3 is 10.5 Å². The lowest BCUT2D eigenvalue weighted by Crippen LogP contribution is -2.29. The minimum atomic E-state index is -0.137. The van der Waals surface area contributed by atoms with Crippen LogP contribution in [0, 0.1) is 11.3 Å². The molecule has 0 saturated heterocycles. The Labute approximate surface area is 109 Å². The Morgan fingerprint density at radius 3 is 2.75 bits per heavy atom. The topological polar surface area (TPSA) is 59.0 Å². The molecule has 1 aromatic rings. The molecule has 0 amide bonds. The molecular weight excluding hydrogens is 291 g/mol. The highest BCUT2D eigenvalue weighted by atomic mass is 79.9. The SMILES string of the molecule is Cl.N#Cc1ccc(Br)c(OCC2(N)CC2)c1. The largest absolute Gasteiger partial charge is 0.490 e. The van der Waals surface area contributed by atoms with E-state index in [-0.39, 0.29) is 17.9 Å². The van der Waals surface area contributed by atoms with Gasteiger partial charge in [0.25, 0.3) is 0 Å². The molecule has 2 rings (SSSR count). The molecule has 3 nitrogen and oxygen atoms in total. The van der Waals surface area contributed by atoms with Crippen molar-refractivity contribution in [2.45, 2.75) is 18.4 Å². The smallest absolute Gasteiger partial charge is 0.134 e. The number of hydrogen-bond acceptors (Lipinski definition) is 3. The van der Waals surface area contributed by atoms with Crippen LogP contribution in [0.4, 0.5) is 0 Å². The van der Waals surface area contributed by atoms with E-state index >= 15 is 0 Å². The maximum absolute atomic E-state index is 8.75. The molecule has 0 radical (unpaired) electrons. The minimum absolute atomic E-state index is 0. The van der Waals surface area contributed by atoms with Gasteiger partial charge in [-0.3, -0.25) is 0 Å². The fourth-order valence-corrected chi connectivity index (χ4v) is 1.57. The first-order valence-electron chi connectivity index (χ1n) is 4.74. The third kappa shape index (κ3) is 3.11. The van der Waals surface area contributed by atoms with E-state index in [1.807, 2.05) is 6.07 Å². The quantitative estimate of drug-likeness (QED) is 0.934. The van der Waals surface area contributed by atoms with Crippen LogP contribution >= 0.6 is 28.3 Å². The number of benzene rings is 1. The van der Waals surface area contributed by atoms with Gasteiger partial charge in [0.05, 0.1) is 21.6 Å². The third-order valence-electron chi connectivity index (χ3n) is 2.47. The normalized spacial score (nSPS) is 15.8. The average molecular weight is 304 g/mol. The zero-order valence-corrected chi connectivity index (χ0v) is 11.0. The number of nitriles is 1. The second kappa shape index (κ2) is 5.05. The van der Waals surface area contributed by atoms with Gasteiger partial charge in [-0.25, -0.2) is 0 Å². The predicted molar refractivity (Wildman–Crippen MR) is 67.8 cm³/mol. The number of halogens is 2. The van der Waals surface area contributed by atoms with Gasteiger partial charge in [0.2, 0.25) is 0 Å². The van der Waals surface area contributed by atoms with Crippen molar-refractivity contribution < 1.29 is 4.74 Å².